The summed E-state index contributed by atoms with van der Waals surface area (Å²) >= 11 is 6.42. The van der Waals surface area contributed by atoms with Gasteiger partial charge >= 0.3 is 0 Å². The summed E-state index contributed by atoms with van der Waals surface area (Å²) in [5, 5.41) is 2.66. The van der Waals surface area contributed by atoms with Crippen molar-refractivity contribution in [1.82, 2.24) is 5.32 Å². The van der Waals surface area contributed by atoms with Gasteiger partial charge in [-0.3, -0.25) is 4.79 Å². The molecule has 0 aliphatic carbocycles. The topological polar surface area (TPSA) is 32.3 Å². The first-order valence-corrected chi connectivity index (χ1v) is 6.92. The van der Waals surface area contributed by atoms with E-state index in [4.69, 9.17) is 12.2 Å². The van der Waals surface area contributed by atoms with E-state index >= 15 is 0 Å². The van der Waals surface area contributed by atoms with Gasteiger partial charge in [-0.15, -0.1) is 0 Å². The number of hydrogen-bond acceptors (Lipinski definition) is 4. The van der Waals surface area contributed by atoms with E-state index in [9.17, 15) is 4.79 Å². The minimum atomic E-state index is -0.0876. The largest absolute Gasteiger partial charge is 0.378 e. The van der Waals surface area contributed by atoms with Crippen LogP contribution in [0.1, 0.15) is 5.56 Å². The molecule has 1 saturated heterocycles. The highest BCUT2D eigenvalue weighted by molar-refractivity contribution is 8.23. The number of benzene rings is 1. The summed E-state index contributed by atoms with van der Waals surface area (Å²) in [7, 11) is 4.00. The molecule has 0 atom stereocenters. The third kappa shape index (κ3) is 3.11. The number of nitrogens with one attached hydrogen (secondary N) is 1. The average Bonchev–Trinajstić information content (AvgIpc) is 2.33. The lowest BCUT2D eigenvalue weighted by Crippen LogP contribution is -2.33. The number of amides is 1. The van der Waals surface area contributed by atoms with Gasteiger partial charge in [0.1, 0.15) is 4.32 Å². The van der Waals surface area contributed by atoms with Gasteiger partial charge in [-0.2, -0.15) is 0 Å². The highest BCUT2D eigenvalue weighted by Gasteiger charge is 2.18. The van der Waals surface area contributed by atoms with Crippen LogP contribution >= 0.6 is 24.0 Å². The van der Waals surface area contributed by atoms with Crippen molar-refractivity contribution >= 4 is 46.0 Å². The van der Waals surface area contributed by atoms with Crippen LogP contribution in [0.4, 0.5) is 5.69 Å². The zero-order chi connectivity index (χ0) is 13.1. The fraction of sp³-hybridized carbons (Fsp3) is 0.231. The SMILES string of the molecule is CN(C)c1ccc(/C=C2/CSC(=S)NC2=O)cc1. The van der Waals surface area contributed by atoms with Gasteiger partial charge in [0.2, 0.25) is 0 Å². The van der Waals surface area contributed by atoms with Crippen molar-refractivity contribution in [3.8, 4) is 0 Å². The molecule has 0 spiro atoms. The summed E-state index contributed by atoms with van der Waals surface area (Å²) in [6.45, 7) is 0. The minimum absolute atomic E-state index is 0.0876. The second-order valence-electron chi connectivity index (χ2n) is 4.19. The Hall–Kier alpha value is -1.33. The monoisotopic (exact) mass is 278 g/mol. The molecule has 2 rings (SSSR count). The van der Waals surface area contributed by atoms with Crippen molar-refractivity contribution < 1.29 is 4.79 Å². The standard InChI is InChI=1S/C13H14N2OS2/c1-15(2)11-5-3-9(4-6-11)7-10-8-18-13(17)14-12(10)16/h3-7H,8H2,1-2H3,(H,14,16,17)/b10-7-. The molecule has 1 aromatic rings. The third-order valence-corrected chi connectivity index (χ3v) is 3.89. The zero-order valence-electron chi connectivity index (χ0n) is 10.3. The van der Waals surface area contributed by atoms with Crippen LogP contribution in [-0.4, -0.2) is 30.1 Å². The van der Waals surface area contributed by atoms with E-state index in [1.807, 2.05) is 49.3 Å². The second kappa shape index (κ2) is 5.54. The zero-order valence-corrected chi connectivity index (χ0v) is 11.9. The van der Waals surface area contributed by atoms with E-state index in [2.05, 4.69) is 5.32 Å². The molecular weight excluding hydrogens is 264 g/mol. The van der Waals surface area contributed by atoms with Crippen molar-refractivity contribution in [2.45, 2.75) is 0 Å². The molecule has 0 bridgehead atoms. The van der Waals surface area contributed by atoms with E-state index < -0.39 is 0 Å². The Bertz CT molecular complexity index is 506. The summed E-state index contributed by atoms with van der Waals surface area (Å²) in [5.41, 5.74) is 2.92. The maximum absolute atomic E-state index is 11.7. The minimum Gasteiger partial charge on any atom is -0.378 e. The van der Waals surface area contributed by atoms with Gasteiger partial charge in [-0.25, -0.2) is 0 Å². The van der Waals surface area contributed by atoms with Gasteiger partial charge < -0.3 is 10.2 Å². The Morgan fingerprint density at radius 2 is 2.00 bits per heavy atom. The van der Waals surface area contributed by atoms with E-state index in [-0.39, 0.29) is 5.91 Å². The Balaban J connectivity index is 2.17. The van der Waals surface area contributed by atoms with Gasteiger partial charge in [0, 0.05) is 31.1 Å². The molecule has 1 aliphatic rings. The van der Waals surface area contributed by atoms with Crippen LogP contribution < -0.4 is 10.2 Å². The van der Waals surface area contributed by atoms with E-state index in [1.165, 1.54) is 11.8 Å². The fourth-order valence-electron chi connectivity index (χ4n) is 1.59. The number of nitrogens with zero attached hydrogens (tertiary/aromatic N) is 1. The molecular formula is C13H14N2OS2. The van der Waals surface area contributed by atoms with Crippen molar-refractivity contribution in [3.05, 3.63) is 35.4 Å². The smallest absolute Gasteiger partial charge is 0.253 e. The van der Waals surface area contributed by atoms with Gasteiger partial charge in [0.15, 0.2) is 0 Å². The molecule has 94 valence electrons. The molecule has 1 amide bonds. The van der Waals surface area contributed by atoms with Crippen LogP contribution in [-0.2, 0) is 4.79 Å². The van der Waals surface area contributed by atoms with Crippen LogP contribution in [0.5, 0.6) is 0 Å². The van der Waals surface area contributed by atoms with E-state index in [0.717, 1.165) is 16.8 Å². The van der Waals surface area contributed by atoms with Crippen molar-refractivity contribution in [2.24, 2.45) is 0 Å². The average molecular weight is 278 g/mol. The fourth-order valence-corrected chi connectivity index (χ4v) is 2.53. The highest BCUT2D eigenvalue weighted by Crippen LogP contribution is 2.19. The first-order chi connectivity index (χ1) is 8.56. The lowest BCUT2D eigenvalue weighted by molar-refractivity contribution is -0.115. The number of hydrogen-bond donors (Lipinski definition) is 1. The van der Waals surface area contributed by atoms with Crippen LogP contribution in [0.15, 0.2) is 29.8 Å². The number of anilines is 1. The quantitative estimate of drug-likeness (QED) is 0.664. The number of carbonyl (C=O) groups excluding carboxylic acids is 1. The molecule has 1 aromatic carbocycles. The predicted octanol–water partition coefficient (Wildman–Crippen LogP) is 2.28. The van der Waals surface area contributed by atoms with Crippen molar-refractivity contribution in [1.29, 1.82) is 0 Å². The molecule has 0 aromatic heterocycles. The molecule has 0 saturated carbocycles. The van der Waals surface area contributed by atoms with Crippen LogP contribution in [0, 0.1) is 0 Å². The van der Waals surface area contributed by atoms with Gasteiger partial charge in [0.05, 0.1) is 0 Å². The normalized spacial score (nSPS) is 17.8. The third-order valence-electron chi connectivity index (χ3n) is 2.62. The number of carbonyl (C=O) groups is 1. The predicted molar refractivity (Wildman–Crippen MR) is 81.9 cm³/mol. The second-order valence-corrected chi connectivity index (χ2v) is 5.84. The van der Waals surface area contributed by atoms with Gasteiger partial charge in [-0.05, 0) is 23.8 Å². The highest BCUT2D eigenvalue weighted by atomic mass is 32.2. The summed E-state index contributed by atoms with van der Waals surface area (Å²) < 4.78 is 0.556. The maximum Gasteiger partial charge on any atom is 0.253 e. The molecule has 1 heterocycles. The summed E-state index contributed by atoms with van der Waals surface area (Å²) in [5.74, 6) is 0.551. The molecule has 0 radical (unpaired) electrons. The van der Waals surface area contributed by atoms with Crippen molar-refractivity contribution in [3.63, 3.8) is 0 Å². The first kappa shape index (κ1) is 13.1. The first-order valence-electron chi connectivity index (χ1n) is 5.52. The Morgan fingerprint density at radius 3 is 2.56 bits per heavy atom. The van der Waals surface area contributed by atoms with Crippen molar-refractivity contribution in [2.75, 3.05) is 24.7 Å². The number of thiocarbonyl (C=S) groups is 1. The van der Waals surface area contributed by atoms with Gasteiger partial charge in [-0.1, -0.05) is 36.1 Å². The van der Waals surface area contributed by atoms with Crippen LogP contribution in [0.2, 0.25) is 0 Å². The van der Waals surface area contributed by atoms with E-state index in [0.29, 0.717) is 10.1 Å². The summed E-state index contributed by atoms with van der Waals surface area (Å²) in [6.07, 6.45) is 1.91. The van der Waals surface area contributed by atoms with Crippen LogP contribution in [0.3, 0.4) is 0 Å². The molecule has 1 N–H and O–H groups in total. The maximum atomic E-state index is 11.7. The molecule has 18 heavy (non-hydrogen) atoms. The Kier molecular flexibility index (Phi) is 4.04. The molecule has 5 heteroatoms. The number of rotatable bonds is 2. The summed E-state index contributed by atoms with van der Waals surface area (Å²) in [6, 6.07) is 8.08. The van der Waals surface area contributed by atoms with Crippen LogP contribution in [0.25, 0.3) is 6.08 Å². The molecule has 3 nitrogen and oxygen atoms in total. The molecule has 1 aliphatic heterocycles. The molecule has 0 unspecified atom stereocenters. The summed E-state index contributed by atoms with van der Waals surface area (Å²) in [4.78, 5) is 13.7. The Labute approximate surface area is 116 Å². The number of thioether (sulfide) groups is 1. The molecule has 1 fully saturated rings. The lowest BCUT2D eigenvalue weighted by Gasteiger charge is -2.15. The van der Waals surface area contributed by atoms with Gasteiger partial charge in [0.25, 0.3) is 5.91 Å². The van der Waals surface area contributed by atoms with E-state index in [1.54, 1.807) is 0 Å². The lowest BCUT2D eigenvalue weighted by atomic mass is 10.1. The Morgan fingerprint density at radius 1 is 1.33 bits per heavy atom.